The maximum absolute atomic E-state index is 12.5. The third-order valence-corrected chi connectivity index (χ3v) is 6.26. The van der Waals surface area contributed by atoms with Crippen molar-refractivity contribution in [1.82, 2.24) is 20.1 Å². The Balaban J connectivity index is 1.60. The number of hydrogen-bond acceptors (Lipinski definition) is 5. The van der Waals surface area contributed by atoms with Crippen molar-refractivity contribution in [3.05, 3.63) is 69.5 Å². The number of halogens is 1. The SMILES string of the molecule is Cc1cc(C)c(NC(=O)CSc2nnc([C@@H](C)NC(=O)c3ccc(Cl)cc3)n2C)c(C)c1. The molecule has 7 nitrogen and oxygen atoms in total. The Morgan fingerprint density at radius 3 is 2.34 bits per heavy atom. The van der Waals surface area contributed by atoms with Gasteiger partial charge in [0, 0.05) is 23.3 Å². The second-order valence-corrected chi connectivity index (χ2v) is 9.09. The molecule has 9 heteroatoms. The second-order valence-electron chi connectivity index (χ2n) is 7.71. The highest BCUT2D eigenvalue weighted by Crippen LogP contribution is 2.24. The Kier molecular flexibility index (Phi) is 7.58. The van der Waals surface area contributed by atoms with Crippen LogP contribution in [0.15, 0.2) is 41.6 Å². The molecule has 3 rings (SSSR count). The topological polar surface area (TPSA) is 88.9 Å². The predicted octanol–water partition coefficient (Wildman–Crippen LogP) is 4.62. The van der Waals surface area contributed by atoms with Crippen LogP contribution in [0.25, 0.3) is 0 Å². The van der Waals surface area contributed by atoms with Crippen molar-refractivity contribution in [2.24, 2.45) is 7.05 Å². The van der Waals surface area contributed by atoms with E-state index in [9.17, 15) is 9.59 Å². The number of aryl methyl sites for hydroxylation is 3. The molecule has 0 spiro atoms. The van der Waals surface area contributed by atoms with E-state index in [1.807, 2.05) is 46.9 Å². The first-order valence-electron chi connectivity index (χ1n) is 10.1. The van der Waals surface area contributed by atoms with Gasteiger partial charge in [0.1, 0.15) is 0 Å². The predicted molar refractivity (Wildman–Crippen MR) is 128 cm³/mol. The van der Waals surface area contributed by atoms with Crippen LogP contribution in [0.3, 0.4) is 0 Å². The van der Waals surface area contributed by atoms with E-state index in [0.717, 1.165) is 22.4 Å². The fraction of sp³-hybridized carbons (Fsp3) is 0.304. The van der Waals surface area contributed by atoms with E-state index in [1.165, 1.54) is 11.8 Å². The van der Waals surface area contributed by atoms with E-state index in [-0.39, 0.29) is 23.6 Å². The van der Waals surface area contributed by atoms with Crippen LogP contribution < -0.4 is 10.6 Å². The molecule has 168 valence electrons. The molecule has 3 aromatic rings. The highest BCUT2D eigenvalue weighted by molar-refractivity contribution is 7.99. The minimum absolute atomic E-state index is 0.112. The fourth-order valence-electron chi connectivity index (χ4n) is 3.46. The zero-order valence-corrected chi connectivity index (χ0v) is 20.3. The number of carbonyl (C=O) groups excluding carboxylic acids is 2. The molecule has 32 heavy (non-hydrogen) atoms. The van der Waals surface area contributed by atoms with Gasteiger partial charge in [0.2, 0.25) is 5.91 Å². The largest absolute Gasteiger partial charge is 0.342 e. The van der Waals surface area contributed by atoms with Gasteiger partial charge in [-0.15, -0.1) is 10.2 Å². The molecule has 1 heterocycles. The first-order valence-corrected chi connectivity index (χ1v) is 11.5. The molecule has 2 aromatic carbocycles. The molecule has 0 saturated heterocycles. The summed E-state index contributed by atoms with van der Waals surface area (Å²) in [5, 5.41) is 15.4. The monoisotopic (exact) mass is 471 g/mol. The van der Waals surface area contributed by atoms with E-state index in [4.69, 9.17) is 11.6 Å². The van der Waals surface area contributed by atoms with Gasteiger partial charge in [0.25, 0.3) is 5.91 Å². The summed E-state index contributed by atoms with van der Waals surface area (Å²) in [6, 6.07) is 10.4. The molecule has 0 aliphatic rings. The normalized spacial score (nSPS) is 11.8. The third-order valence-electron chi connectivity index (χ3n) is 4.98. The maximum atomic E-state index is 12.5. The van der Waals surface area contributed by atoms with Gasteiger partial charge in [-0.25, -0.2) is 0 Å². The summed E-state index contributed by atoms with van der Waals surface area (Å²) in [5.41, 5.74) is 4.59. The number of hydrogen-bond donors (Lipinski definition) is 2. The molecule has 2 N–H and O–H groups in total. The van der Waals surface area contributed by atoms with E-state index in [0.29, 0.717) is 21.6 Å². The van der Waals surface area contributed by atoms with Gasteiger partial charge >= 0.3 is 0 Å². The molecule has 0 bridgehead atoms. The zero-order valence-electron chi connectivity index (χ0n) is 18.7. The van der Waals surface area contributed by atoms with Gasteiger partial charge in [-0.3, -0.25) is 9.59 Å². The fourth-order valence-corrected chi connectivity index (χ4v) is 4.30. The van der Waals surface area contributed by atoms with Crippen molar-refractivity contribution in [1.29, 1.82) is 0 Å². The highest BCUT2D eigenvalue weighted by atomic mass is 35.5. The lowest BCUT2D eigenvalue weighted by Crippen LogP contribution is -2.28. The van der Waals surface area contributed by atoms with Crippen LogP contribution >= 0.6 is 23.4 Å². The Labute approximate surface area is 197 Å². The second kappa shape index (κ2) is 10.2. The quantitative estimate of drug-likeness (QED) is 0.491. The minimum atomic E-state index is -0.364. The van der Waals surface area contributed by atoms with Crippen molar-refractivity contribution in [3.8, 4) is 0 Å². The van der Waals surface area contributed by atoms with Crippen LogP contribution in [0, 0.1) is 20.8 Å². The first-order chi connectivity index (χ1) is 15.2. The van der Waals surface area contributed by atoms with Crippen molar-refractivity contribution in [2.75, 3.05) is 11.1 Å². The summed E-state index contributed by atoms with van der Waals surface area (Å²) >= 11 is 7.17. The molecule has 0 aliphatic heterocycles. The first kappa shape index (κ1) is 23.8. The zero-order chi connectivity index (χ0) is 23.4. The Bertz CT molecular complexity index is 1120. The minimum Gasteiger partial charge on any atom is -0.342 e. The third kappa shape index (κ3) is 5.69. The van der Waals surface area contributed by atoms with E-state index in [1.54, 1.807) is 28.8 Å². The van der Waals surface area contributed by atoms with Crippen molar-refractivity contribution in [3.63, 3.8) is 0 Å². The number of amides is 2. The summed E-state index contributed by atoms with van der Waals surface area (Å²) in [4.78, 5) is 25.0. The summed E-state index contributed by atoms with van der Waals surface area (Å²) in [6.45, 7) is 7.84. The molecule has 2 amide bonds. The van der Waals surface area contributed by atoms with Crippen LogP contribution in [0.1, 0.15) is 45.8 Å². The Morgan fingerprint density at radius 2 is 1.72 bits per heavy atom. The number of nitrogens with one attached hydrogen (secondary N) is 2. The summed E-state index contributed by atoms with van der Waals surface area (Å²) in [5.74, 6) is 0.457. The van der Waals surface area contributed by atoms with E-state index in [2.05, 4.69) is 20.8 Å². The molecule has 1 atom stereocenters. The standard InChI is InChI=1S/C23H26ClN5O2S/c1-13-10-14(2)20(15(3)11-13)26-19(30)12-32-23-28-27-21(29(23)5)16(4)25-22(31)17-6-8-18(24)9-7-17/h6-11,16H,12H2,1-5H3,(H,25,31)(H,26,30)/t16-/m1/s1. The summed E-state index contributed by atoms with van der Waals surface area (Å²) in [7, 11) is 1.81. The van der Waals surface area contributed by atoms with Crippen molar-refractivity contribution in [2.45, 2.75) is 38.9 Å². The van der Waals surface area contributed by atoms with Crippen molar-refractivity contribution < 1.29 is 9.59 Å². The van der Waals surface area contributed by atoms with Crippen molar-refractivity contribution >= 4 is 40.9 Å². The number of nitrogens with zero attached hydrogens (tertiary/aromatic N) is 3. The van der Waals surface area contributed by atoms with Crippen LogP contribution in [0.5, 0.6) is 0 Å². The molecule has 1 aromatic heterocycles. The van der Waals surface area contributed by atoms with Gasteiger partial charge in [-0.2, -0.15) is 0 Å². The maximum Gasteiger partial charge on any atom is 0.251 e. The Morgan fingerprint density at radius 1 is 1.09 bits per heavy atom. The van der Waals surface area contributed by atoms with Gasteiger partial charge in [0.15, 0.2) is 11.0 Å². The van der Waals surface area contributed by atoms with Crippen LogP contribution in [-0.2, 0) is 11.8 Å². The number of benzene rings is 2. The Hall–Kier alpha value is -2.84. The average Bonchev–Trinajstić information content (AvgIpc) is 3.10. The molecule has 0 saturated carbocycles. The molecule has 0 radical (unpaired) electrons. The van der Waals surface area contributed by atoms with E-state index < -0.39 is 0 Å². The number of rotatable bonds is 7. The smallest absolute Gasteiger partial charge is 0.251 e. The molecule has 0 fully saturated rings. The number of anilines is 1. The number of thioether (sulfide) groups is 1. The summed E-state index contributed by atoms with van der Waals surface area (Å²) in [6.07, 6.45) is 0. The van der Waals surface area contributed by atoms with Crippen LogP contribution in [0.4, 0.5) is 5.69 Å². The van der Waals surface area contributed by atoms with Gasteiger partial charge < -0.3 is 15.2 Å². The summed E-state index contributed by atoms with van der Waals surface area (Å²) < 4.78 is 1.78. The number of aromatic nitrogens is 3. The lowest BCUT2D eigenvalue weighted by atomic mass is 10.1. The van der Waals surface area contributed by atoms with Gasteiger partial charge in [0.05, 0.1) is 11.8 Å². The van der Waals surface area contributed by atoms with Crippen LogP contribution in [0.2, 0.25) is 5.02 Å². The average molecular weight is 472 g/mol. The molecule has 0 aliphatic carbocycles. The molecule has 0 unspecified atom stereocenters. The number of carbonyl (C=O) groups is 2. The molecular weight excluding hydrogens is 446 g/mol. The van der Waals surface area contributed by atoms with Crippen LogP contribution in [-0.4, -0.2) is 32.3 Å². The highest BCUT2D eigenvalue weighted by Gasteiger charge is 2.19. The lowest BCUT2D eigenvalue weighted by molar-refractivity contribution is -0.113. The lowest BCUT2D eigenvalue weighted by Gasteiger charge is -2.14. The van der Waals surface area contributed by atoms with Gasteiger partial charge in [-0.1, -0.05) is 41.1 Å². The van der Waals surface area contributed by atoms with Gasteiger partial charge in [-0.05, 0) is 63.1 Å². The molecular formula is C23H26ClN5O2S. The van der Waals surface area contributed by atoms with E-state index >= 15 is 0 Å².